The monoisotopic (exact) mass is 281 g/mol. The number of aromatic nitrogens is 1. The predicted molar refractivity (Wildman–Crippen MR) is 71.7 cm³/mol. The molecule has 4 N–H and O–H groups in total. The molecule has 1 amide bonds. The molecule has 0 bridgehead atoms. The lowest BCUT2D eigenvalue weighted by Crippen LogP contribution is -2.39. The zero-order valence-electron chi connectivity index (χ0n) is 9.43. The smallest absolute Gasteiger partial charge is 0.247 e. The minimum atomic E-state index is -0.465. The Bertz CT molecular complexity index is 375. The van der Waals surface area contributed by atoms with Crippen molar-refractivity contribution >= 4 is 30.7 Å². The fourth-order valence-electron chi connectivity index (χ4n) is 1.06. The Morgan fingerprint density at radius 3 is 2.59 bits per heavy atom. The highest BCUT2D eigenvalue weighted by atomic mass is 35.5. The van der Waals surface area contributed by atoms with Gasteiger partial charge in [-0.2, -0.15) is 0 Å². The largest absolute Gasteiger partial charge is 0.351 e. The molecule has 0 unspecified atom stereocenters. The van der Waals surface area contributed by atoms with E-state index in [1.165, 1.54) is 6.07 Å². The normalized spacial score (nSPS) is 10.7. The van der Waals surface area contributed by atoms with Gasteiger partial charge in [-0.25, -0.2) is 0 Å². The Hall–Kier alpha value is -1.04. The van der Waals surface area contributed by atoms with E-state index in [9.17, 15) is 9.59 Å². The summed E-state index contributed by atoms with van der Waals surface area (Å²) < 4.78 is 0. The summed E-state index contributed by atoms with van der Waals surface area (Å²) in [5, 5.41) is 2.68. The third kappa shape index (κ3) is 6.31. The van der Waals surface area contributed by atoms with Gasteiger partial charge in [0.15, 0.2) is 0 Å². The zero-order valence-corrected chi connectivity index (χ0v) is 11.1. The molecule has 98 valence electrons. The van der Waals surface area contributed by atoms with E-state index in [2.05, 4.69) is 10.3 Å². The summed E-state index contributed by atoms with van der Waals surface area (Å²) in [6, 6.07) is 2.62. The van der Waals surface area contributed by atoms with Crippen LogP contribution >= 0.6 is 24.8 Å². The van der Waals surface area contributed by atoms with E-state index in [1.54, 1.807) is 12.3 Å². The molecule has 1 aromatic rings. The Balaban J connectivity index is 0. The van der Waals surface area contributed by atoms with Crippen LogP contribution in [0.15, 0.2) is 23.1 Å². The molecule has 0 aliphatic rings. The lowest BCUT2D eigenvalue weighted by Gasteiger charge is -2.09. The van der Waals surface area contributed by atoms with E-state index in [-0.39, 0.29) is 36.3 Å². The summed E-state index contributed by atoms with van der Waals surface area (Å²) in [5.41, 5.74) is 6.22. The highest BCUT2D eigenvalue weighted by Gasteiger charge is 2.09. The summed E-state index contributed by atoms with van der Waals surface area (Å²) >= 11 is 0. The van der Waals surface area contributed by atoms with Crippen molar-refractivity contribution in [2.75, 3.05) is 0 Å². The van der Waals surface area contributed by atoms with Gasteiger partial charge in [-0.05, 0) is 12.0 Å². The van der Waals surface area contributed by atoms with Crippen LogP contribution < -0.4 is 16.6 Å². The van der Waals surface area contributed by atoms with E-state index in [1.807, 2.05) is 6.92 Å². The Kier molecular flexibility index (Phi) is 9.74. The van der Waals surface area contributed by atoms with E-state index < -0.39 is 6.04 Å². The number of H-pyrrole nitrogens is 1. The van der Waals surface area contributed by atoms with Gasteiger partial charge < -0.3 is 16.0 Å². The second-order valence-corrected chi connectivity index (χ2v) is 3.29. The molecule has 1 atom stereocenters. The number of hydrogen-bond acceptors (Lipinski definition) is 3. The Morgan fingerprint density at radius 2 is 2.12 bits per heavy atom. The van der Waals surface area contributed by atoms with Crippen molar-refractivity contribution < 1.29 is 4.79 Å². The van der Waals surface area contributed by atoms with Crippen LogP contribution in [0.2, 0.25) is 0 Å². The number of nitrogens with one attached hydrogen (secondary N) is 2. The van der Waals surface area contributed by atoms with Crippen LogP contribution in [0, 0.1) is 0 Å². The first-order valence-electron chi connectivity index (χ1n) is 4.84. The standard InChI is InChI=1S/C10H15N3O2.2ClH/c1-2-8(11)10(15)13-6-7-3-4-9(14)12-5-7;;/h3-5,8H,2,6,11H2,1H3,(H,12,14)(H,13,15);2*1H/t8-;;/m0../s1. The van der Waals surface area contributed by atoms with Crippen LogP contribution in [0.3, 0.4) is 0 Å². The molecule has 0 aliphatic heterocycles. The number of aromatic amines is 1. The molecule has 0 saturated heterocycles. The minimum absolute atomic E-state index is 0. The van der Waals surface area contributed by atoms with Crippen LogP contribution in [0.1, 0.15) is 18.9 Å². The first-order chi connectivity index (χ1) is 7.13. The number of carbonyl (C=O) groups excluding carboxylic acids is 1. The van der Waals surface area contributed by atoms with E-state index >= 15 is 0 Å². The van der Waals surface area contributed by atoms with Gasteiger partial charge in [0.2, 0.25) is 11.5 Å². The summed E-state index contributed by atoms with van der Waals surface area (Å²) in [6.07, 6.45) is 2.18. The van der Waals surface area contributed by atoms with Crippen molar-refractivity contribution in [1.82, 2.24) is 10.3 Å². The van der Waals surface area contributed by atoms with Gasteiger partial charge >= 0.3 is 0 Å². The molecular weight excluding hydrogens is 265 g/mol. The summed E-state index contributed by atoms with van der Waals surface area (Å²) in [4.78, 5) is 24.6. The molecule has 1 heterocycles. The first kappa shape index (κ1) is 18.3. The van der Waals surface area contributed by atoms with E-state index in [0.29, 0.717) is 13.0 Å². The molecule has 0 fully saturated rings. The number of hydrogen-bond donors (Lipinski definition) is 3. The molecule has 0 aromatic carbocycles. The van der Waals surface area contributed by atoms with Crippen molar-refractivity contribution in [1.29, 1.82) is 0 Å². The van der Waals surface area contributed by atoms with Crippen LogP contribution in [0.25, 0.3) is 0 Å². The number of pyridine rings is 1. The van der Waals surface area contributed by atoms with Crippen molar-refractivity contribution in [3.05, 3.63) is 34.2 Å². The Labute approximate surface area is 112 Å². The van der Waals surface area contributed by atoms with Crippen molar-refractivity contribution in [2.45, 2.75) is 25.9 Å². The summed E-state index contributed by atoms with van der Waals surface area (Å²) in [5.74, 6) is -0.177. The average molecular weight is 282 g/mol. The van der Waals surface area contributed by atoms with Crippen LogP contribution in [-0.2, 0) is 11.3 Å². The molecule has 1 aromatic heterocycles. The van der Waals surface area contributed by atoms with Gasteiger partial charge in [0.1, 0.15) is 0 Å². The Morgan fingerprint density at radius 1 is 1.47 bits per heavy atom. The van der Waals surface area contributed by atoms with Gasteiger partial charge in [0, 0.05) is 18.8 Å². The van der Waals surface area contributed by atoms with Crippen molar-refractivity contribution in [3.63, 3.8) is 0 Å². The van der Waals surface area contributed by atoms with E-state index in [0.717, 1.165) is 5.56 Å². The molecule has 5 nitrogen and oxygen atoms in total. The van der Waals surface area contributed by atoms with Crippen LogP contribution in [0.5, 0.6) is 0 Å². The van der Waals surface area contributed by atoms with Gasteiger partial charge in [-0.3, -0.25) is 9.59 Å². The van der Waals surface area contributed by atoms with Crippen LogP contribution in [-0.4, -0.2) is 16.9 Å². The van der Waals surface area contributed by atoms with Gasteiger partial charge in [-0.1, -0.05) is 13.0 Å². The number of amides is 1. The fraction of sp³-hybridized carbons (Fsp3) is 0.400. The van der Waals surface area contributed by atoms with E-state index in [4.69, 9.17) is 5.73 Å². The van der Waals surface area contributed by atoms with Crippen molar-refractivity contribution in [3.8, 4) is 0 Å². The quantitative estimate of drug-likeness (QED) is 0.754. The number of halogens is 2. The number of carbonyl (C=O) groups is 1. The van der Waals surface area contributed by atoms with Gasteiger partial charge in [0.25, 0.3) is 0 Å². The molecule has 0 saturated carbocycles. The summed E-state index contributed by atoms with van der Waals surface area (Å²) in [7, 11) is 0. The third-order valence-corrected chi connectivity index (χ3v) is 2.09. The minimum Gasteiger partial charge on any atom is -0.351 e. The van der Waals surface area contributed by atoms with Gasteiger partial charge in [0.05, 0.1) is 6.04 Å². The van der Waals surface area contributed by atoms with Crippen molar-refractivity contribution in [2.24, 2.45) is 5.73 Å². The maximum Gasteiger partial charge on any atom is 0.247 e. The molecule has 0 spiro atoms. The number of nitrogens with two attached hydrogens (primary N) is 1. The molecule has 0 radical (unpaired) electrons. The fourth-order valence-corrected chi connectivity index (χ4v) is 1.06. The molecule has 1 rings (SSSR count). The van der Waals surface area contributed by atoms with Crippen LogP contribution in [0.4, 0.5) is 0 Å². The average Bonchev–Trinajstić information content (AvgIpc) is 2.26. The second-order valence-electron chi connectivity index (χ2n) is 3.29. The molecule has 0 aliphatic carbocycles. The number of rotatable bonds is 4. The second kappa shape index (κ2) is 9.04. The lowest BCUT2D eigenvalue weighted by atomic mass is 10.2. The first-order valence-corrected chi connectivity index (χ1v) is 4.84. The highest BCUT2D eigenvalue weighted by Crippen LogP contribution is 1.93. The highest BCUT2D eigenvalue weighted by molar-refractivity contribution is 5.85. The maximum absolute atomic E-state index is 11.3. The summed E-state index contributed by atoms with van der Waals surface area (Å²) in [6.45, 7) is 2.23. The lowest BCUT2D eigenvalue weighted by molar-refractivity contribution is -0.122. The van der Waals surface area contributed by atoms with Gasteiger partial charge in [-0.15, -0.1) is 24.8 Å². The topological polar surface area (TPSA) is 88.0 Å². The zero-order chi connectivity index (χ0) is 11.3. The predicted octanol–water partition coefficient (Wildman–Crippen LogP) is 0.572. The molecule has 17 heavy (non-hydrogen) atoms. The molecular formula is C10H17Cl2N3O2. The molecule has 7 heteroatoms. The third-order valence-electron chi connectivity index (χ3n) is 2.09. The SMILES string of the molecule is CC[C@H](N)C(=O)NCc1ccc(=O)[nH]c1.Cl.Cl. The maximum atomic E-state index is 11.3.